The van der Waals surface area contributed by atoms with Crippen LogP contribution in [-0.2, 0) is 0 Å². The zero-order valence-corrected chi connectivity index (χ0v) is 12.4. The van der Waals surface area contributed by atoms with E-state index in [1.807, 2.05) is 0 Å². The number of carbonyl (C=O) groups is 3. The maximum absolute atomic E-state index is 12.0. The number of anilines is 1. The third kappa shape index (κ3) is 3.55. The Morgan fingerprint density at radius 1 is 0.905 bits per heavy atom. The Kier molecular flexibility index (Phi) is 4.49. The molecule has 2 aromatic rings. The zero-order chi connectivity index (χ0) is 15.4. The largest absolute Gasteiger partial charge is 0.355 e. The van der Waals surface area contributed by atoms with Gasteiger partial charge in [-0.2, -0.15) is 0 Å². The lowest BCUT2D eigenvalue weighted by Crippen LogP contribution is -2.17. The summed E-state index contributed by atoms with van der Waals surface area (Å²) in [6, 6.07) is 9.82. The summed E-state index contributed by atoms with van der Waals surface area (Å²) in [4.78, 5) is 35.7. The standard InChI is InChI=1S/C15H14N2O3S/c1-9(18)12-7-8-13(21-12)15(20)17-11-5-3-10(4-6-11)14(19)16-2/h3-8H,1-2H3,(H,16,19)(H,17,20). The van der Waals surface area contributed by atoms with Gasteiger partial charge in [0.15, 0.2) is 5.78 Å². The molecule has 0 aliphatic rings. The molecule has 0 aliphatic heterocycles. The summed E-state index contributed by atoms with van der Waals surface area (Å²) in [5, 5.41) is 5.25. The lowest BCUT2D eigenvalue weighted by molar-refractivity contribution is 0.0961. The average Bonchev–Trinajstić information content (AvgIpc) is 2.97. The summed E-state index contributed by atoms with van der Waals surface area (Å²) < 4.78 is 0. The van der Waals surface area contributed by atoms with Gasteiger partial charge in [-0.3, -0.25) is 14.4 Å². The van der Waals surface area contributed by atoms with Gasteiger partial charge in [-0.05, 0) is 43.3 Å². The highest BCUT2D eigenvalue weighted by Gasteiger charge is 2.12. The van der Waals surface area contributed by atoms with E-state index in [2.05, 4.69) is 10.6 Å². The number of nitrogens with one attached hydrogen (secondary N) is 2. The van der Waals surface area contributed by atoms with E-state index in [1.54, 1.807) is 43.4 Å². The number of rotatable bonds is 4. The number of amides is 2. The number of thiophene rings is 1. The lowest BCUT2D eigenvalue weighted by atomic mass is 10.2. The predicted molar refractivity (Wildman–Crippen MR) is 82.1 cm³/mol. The van der Waals surface area contributed by atoms with Crippen LogP contribution in [0.3, 0.4) is 0 Å². The fourth-order valence-corrected chi connectivity index (χ4v) is 2.49. The minimum Gasteiger partial charge on any atom is -0.355 e. The summed E-state index contributed by atoms with van der Waals surface area (Å²) in [5.41, 5.74) is 1.11. The minimum atomic E-state index is -0.278. The lowest BCUT2D eigenvalue weighted by Gasteiger charge is -2.05. The van der Waals surface area contributed by atoms with E-state index in [-0.39, 0.29) is 17.6 Å². The molecule has 108 valence electrons. The van der Waals surface area contributed by atoms with Crippen molar-refractivity contribution in [2.75, 3.05) is 12.4 Å². The van der Waals surface area contributed by atoms with Crippen molar-refractivity contribution in [2.45, 2.75) is 6.92 Å². The Labute approximate surface area is 126 Å². The first-order chi connectivity index (χ1) is 10.0. The van der Waals surface area contributed by atoms with Crippen LogP contribution in [0.2, 0.25) is 0 Å². The zero-order valence-electron chi connectivity index (χ0n) is 11.6. The van der Waals surface area contributed by atoms with Gasteiger partial charge in [-0.15, -0.1) is 11.3 Å². The van der Waals surface area contributed by atoms with Gasteiger partial charge >= 0.3 is 0 Å². The van der Waals surface area contributed by atoms with Crippen LogP contribution < -0.4 is 10.6 Å². The van der Waals surface area contributed by atoms with E-state index >= 15 is 0 Å². The quantitative estimate of drug-likeness (QED) is 0.852. The van der Waals surface area contributed by atoms with E-state index in [4.69, 9.17) is 0 Å². The fraction of sp³-hybridized carbons (Fsp3) is 0.133. The molecule has 5 nitrogen and oxygen atoms in total. The van der Waals surface area contributed by atoms with Crippen molar-refractivity contribution in [3.63, 3.8) is 0 Å². The summed E-state index contributed by atoms with van der Waals surface area (Å²) in [7, 11) is 1.56. The molecule has 0 unspecified atom stereocenters. The van der Waals surface area contributed by atoms with Crippen LogP contribution in [0.5, 0.6) is 0 Å². The van der Waals surface area contributed by atoms with Crippen molar-refractivity contribution in [2.24, 2.45) is 0 Å². The highest BCUT2D eigenvalue weighted by atomic mass is 32.1. The van der Waals surface area contributed by atoms with Gasteiger partial charge in [0.25, 0.3) is 11.8 Å². The number of ketones is 1. The predicted octanol–water partition coefficient (Wildman–Crippen LogP) is 2.56. The third-order valence-corrected chi connectivity index (χ3v) is 3.99. The molecule has 0 atom stereocenters. The van der Waals surface area contributed by atoms with E-state index < -0.39 is 0 Å². The fourth-order valence-electron chi connectivity index (χ4n) is 1.69. The number of hydrogen-bond acceptors (Lipinski definition) is 4. The van der Waals surface area contributed by atoms with E-state index in [1.165, 1.54) is 6.92 Å². The number of carbonyl (C=O) groups excluding carboxylic acids is 3. The van der Waals surface area contributed by atoms with Gasteiger partial charge < -0.3 is 10.6 Å². The van der Waals surface area contributed by atoms with Crippen molar-refractivity contribution in [3.8, 4) is 0 Å². The molecule has 0 spiro atoms. The normalized spacial score (nSPS) is 10.0. The van der Waals surface area contributed by atoms with Crippen LogP contribution in [0.1, 0.15) is 36.6 Å². The summed E-state index contributed by atoms with van der Waals surface area (Å²) >= 11 is 1.15. The molecule has 2 rings (SSSR count). The molecule has 2 amide bonds. The summed E-state index contributed by atoms with van der Waals surface area (Å²) in [6.45, 7) is 1.46. The van der Waals surface area contributed by atoms with Crippen LogP contribution in [0.15, 0.2) is 36.4 Å². The molecule has 0 aliphatic carbocycles. The molecule has 0 radical (unpaired) electrons. The monoisotopic (exact) mass is 302 g/mol. The van der Waals surface area contributed by atoms with Gasteiger partial charge in [-0.25, -0.2) is 0 Å². The smallest absolute Gasteiger partial charge is 0.265 e. The van der Waals surface area contributed by atoms with E-state index in [9.17, 15) is 14.4 Å². The molecule has 2 N–H and O–H groups in total. The van der Waals surface area contributed by atoms with Crippen molar-refractivity contribution < 1.29 is 14.4 Å². The van der Waals surface area contributed by atoms with Gasteiger partial charge in [0.2, 0.25) is 0 Å². The van der Waals surface area contributed by atoms with Gasteiger partial charge in [-0.1, -0.05) is 0 Å². The highest BCUT2D eigenvalue weighted by Crippen LogP contribution is 2.19. The SMILES string of the molecule is CNC(=O)c1ccc(NC(=O)c2ccc(C(C)=O)s2)cc1. The van der Waals surface area contributed by atoms with Crippen LogP contribution >= 0.6 is 11.3 Å². The Balaban J connectivity index is 2.08. The van der Waals surface area contributed by atoms with Crippen molar-refractivity contribution in [1.29, 1.82) is 0 Å². The second kappa shape index (κ2) is 6.32. The Hall–Kier alpha value is -2.47. The first-order valence-electron chi connectivity index (χ1n) is 6.25. The molecule has 1 aromatic heterocycles. The molecule has 0 saturated carbocycles. The molecule has 21 heavy (non-hydrogen) atoms. The van der Waals surface area contributed by atoms with Crippen molar-refractivity contribution >= 4 is 34.6 Å². The topological polar surface area (TPSA) is 75.3 Å². The molecule has 0 bridgehead atoms. The van der Waals surface area contributed by atoms with E-state index in [0.717, 1.165) is 11.3 Å². The Morgan fingerprint density at radius 3 is 2.05 bits per heavy atom. The molecule has 1 aromatic carbocycles. The first kappa shape index (κ1) is 14.9. The van der Waals surface area contributed by atoms with Crippen molar-refractivity contribution in [3.05, 3.63) is 51.7 Å². The average molecular weight is 302 g/mol. The van der Waals surface area contributed by atoms with Gasteiger partial charge in [0.05, 0.1) is 9.75 Å². The maximum Gasteiger partial charge on any atom is 0.265 e. The van der Waals surface area contributed by atoms with Crippen LogP contribution in [0.25, 0.3) is 0 Å². The summed E-state index contributed by atoms with van der Waals surface area (Å²) in [5.74, 6) is -0.522. The van der Waals surface area contributed by atoms with Gasteiger partial charge in [0, 0.05) is 18.3 Å². The summed E-state index contributed by atoms with van der Waals surface area (Å²) in [6.07, 6.45) is 0. The second-order valence-electron chi connectivity index (χ2n) is 4.33. The van der Waals surface area contributed by atoms with Gasteiger partial charge in [0.1, 0.15) is 0 Å². The van der Waals surface area contributed by atoms with Crippen LogP contribution in [0.4, 0.5) is 5.69 Å². The molecule has 0 saturated heterocycles. The minimum absolute atomic E-state index is 0.0611. The molecule has 0 fully saturated rings. The highest BCUT2D eigenvalue weighted by molar-refractivity contribution is 7.16. The molecular formula is C15H14N2O3S. The van der Waals surface area contributed by atoms with E-state index in [0.29, 0.717) is 21.0 Å². The molecule has 1 heterocycles. The third-order valence-electron chi connectivity index (χ3n) is 2.81. The van der Waals surface area contributed by atoms with Crippen molar-refractivity contribution in [1.82, 2.24) is 5.32 Å². The van der Waals surface area contributed by atoms with Crippen LogP contribution in [0, 0.1) is 0 Å². The van der Waals surface area contributed by atoms with Crippen LogP contribution in [-0.4, -0.2) is 24.6 Å². The molecule has 6 heteroatoms. The molecular weight excluding hydrogens is 288 g/mol. The maximum atomic E-state index is 12.0. The Bertz CT molecular complexity index is 689. The number of Topliss-reactive ketones (excluding diaryl/α,β-unsaturated/α-hetero) is 1. The number of hydrogen-bond donors (Lipinski definition) is 2. The first-order valence-corrected chi connectivity index (χ1v) is 7.07. The number of benzene rings is 1. The second-order valence-corrected chi connectivity index (χ2v) is 5.41. The Morgan fingerprint density at radius 2 is 1.52 bits per heavy atom.